The van der Waals surface area contributed by atoms with Gasteiger partial charge in [0.1, 0.15) is 5.75 Å². The van der Waals surface area contributed by atoms with Crippen LogP contribution in [0.15, 0.2) is 47.0 Å². The molecule has 1 atom stereocenters. The molecule has 4 nitrogen and oxygen atoms in total. The van der Waals surface area contributed by atoms with Gasteiger partial charge < -0.3 is 9.26 Å². The largest absolute Gasteiger partial charge is 0.491 e. The Morgan fingerprint density at radius 2 is 1.92 bits per heavy atom. The monoisotopic (exact) mass is 348 g/mol. The van der Waals surface area contributed by atoms with Crippen molar-refractivity contribution in [2.45, 2.75) is 52.1 Å². The van der Waals surface area contributed by atoms with E-state index in [0.717, 1.165) is 23.3 Å². The number of ether oxygens (including phenoxy) is 1. The lowest BCUT2D eigenvalue weighted by molar-refractivity contribution is 0.242. The number of hydrogen-bond donors (Lipinski definition) is 0. The van der Waals surface area contributed by atoms with Crippen LogP contribution in [0, 0.1) is 0 Å². The van der Waals surface area contributed by atoms with E-state index in [1.807, 2.05) is 38.1 Å². The maximum absolute atomic E-state index is 5.69. The van der Waals surface area contributed by atoms with E-state index in [0.29, 0.717) is 17.6 Å². The molecule has 3 aromatic rings. The van der Waals surface area contributed by atoms with Gasteiger partial charge in [0.2, 0.25) is 5.82 Å². The van der Waals surface area contributed by atoms with Crippen molar-refractivity contribution in [2.75, 3.05) is 0 Å². The fourth-order valence-electron chi connectivity index (χ4n) is 3.69. The molecule has 134 valence electrons. The molecule has 4 heteroatoms. The topological polar surface area (TPSA) is 48.2 Å². The Morgan fingerprint density at radius 3 is 2.69 bits per heavy atom. The maximum Gasteiger partial charge on any atom is 0.258 e. The Kier molecular flexibility index (Phi) is 4.49. The molecule has 0 amide bonds. The summed E-state index contributed by atoms with van der Waals surface area (Å²) < 4.78 is 11.2. The molecular weight excluding hydrogens is 324 g/mol. The highest BCUT2D eigenvalue weighted by Gasteiger charge is 2.21. The summed E-state index contributed by atoms with van der Waals surface area (Å²) in [5.41, 5.74) is 4.80. The zero-order valence-corrected chi connectivity index (χ0v) is 15.5. The maximum atomic E-state index is 5.69. The highest BCUT2D eigenvalue weighted by molar-refractivity contribution is 5.65. The summed E-state index contributed by atoms with van der Waals surface area (Å²) in [6, 6.07) is 14.2. The Bertz CT molecular complexity index is 897. The van der Waals surface area contributed by atoms with E-state index in [2.05, 4.69) is 35.3 Å². The molecule has 1 aliphatic rings. The second-order valence-corrected chi connectivity index (χ2v) is 7.28. The Balaban J connectivity index is 1.64. The van der Waals surface area contributed by atoms with Crippen LogP contribution in [-0.2, 0) is 6.42 Å². The van der Waals surface area contributed by atoms with Gasteiger partial charge in [0.05, 0.1) is 6.10 Å². The molecule has 1 heterocycles. The Hall–Kier alpha value is -2.62. The number of nitrogens with zero attached hydrogens (tertiary/aromatic N) is 2. The molecule has 0 saturated carbocycles. The molecule has 0 spiro atoms. The molecule has 4 rings (SSSR count). The Morgan fingerprint density at radius 1 is 1.12 bits per heavy atom. The first kappa shape index (κ1) is 16.8. The first-order valence-corrected chi connectivity index (χ1v) is 9.35. The summed E-state index contributed by atoms with van der Waals surface area (Å²) in [5, 5.41) is 4.25. The zero-order chi connectivity index (χ0) is 18.1. The van der Waals surface area contributed by atoms with Crippen molar-refractivity contribution in [3.05, 3.63) is 53.6 Å². The third-order valence-electron chi connectivity index (χ3n) is 4.95. The average Bonchev–Trinajstić information content (AvgIpc) is 3.12. The van der Waals surface area contributed by atoms with Crippen molar-refractivity contribution in [3.8, 4) is 28.6 Å². The smallest absolute Gasteiger partial charge is 0.258 e. The molecule has 1 aromatic heterocycles. The van der Waals surface area contributed by atoms with Gasteiger partial charge in [-0.05, 0) is 74.4 Å². The lowest BCUT2D eigenvalue weighted by Gasteiger charge is -2.23. The minimum Gasteiger partial charge on any atom is -0.491 e. The first-order valence-electron chi connectivity index (χ1n) is 9.35. The van der Waals surface area contributed by atoms with Gasteiger partial charge in [-0.2, -0.15) is 4.98 Å². The average molecular weight is 348 g/mol. The van der Waals surface area contributed by atoms with Crippen molar-refractivity contribution >= 4 is 0 Å². The predicted molar refractivity (Wildman–Crippen MR) is 102 cm³/mol. The van der Waals surface area contributed by atoms with Crippen molar-refractivity contribution in [3.63, 3.8) is 0 Å². The van der Waals surface area contributed by atoms with Crippen LogP contribution < -0.4 is 4.74 Å². The van der Waals surface area contributed by atoms with Crippen molar-refractivity contribution in [1.82, 2.24) is 10.1 Å². The van der Waals surface area contributed by atoms with Crippen LogP contribution in [0.25, 0.3) is 22.8 Å². The van der Waals surface area contributed by atoms with Crippen LogP contribution in [0.5, 0.6) is 5.75 Å². The molecule has 0 saturated heterocycles. The standard InChI is InChI=1S/C22H24N2O2/c1-14(2)25-17-12-10-16(11-13-17)22-23-21(24-26-22)20-9-5-7-18-15(3)6-4-8-19(18)20/h5,7,9-15H,4,6,8H2,1-3H3/t15-/m1/s1. The lowest BCUT2D eigenvalue weighted by atomic mass is 9.81. The SMILES string of the molecule is CC(C)Oc1ccc(-c2nc(-c3cccc4c3CCC[C@H]4C)no2)cc1. The van der Waals surface area contributed by atoms with Crippen LogP contribution >= 0.6 is 0 Å². The number of fused-ring (bicyclic) bond motifs is 1. The van der Waals surface area contributed by atoms with E-state index in [1.54, 1.807) is 0 Å². The molecule has 0 aliphatic heterocycles. The molecule has 0 unspecified atom stereocenters. The second kappa shape index (κ2) is 6.94. The molecule has 1 aliphatic carbocycles. The van der Waals surface area contributed by atoms with E-state index >= 15 is 0 Å². The summed E-state index contributed by atoms with van der Waals surface area (Å²) >= 11 is 0. The van der Waals surface area contributed by atoms with Crippen molar-refractivity contribution in [2.24, 2.45) is 0 Å². The molecule has 0 radical (unpaired) electrons. The first-order chi connectivity index (χ1) is 12.6. The summed E-state index contributed by atoms with van der Waals surface area (Å²) in [6.45, 7) is 6.32. The number of aromatic nitrogens is 2. The third kappa shape index (κ3) is 3.24. The van der Waals surface area contributed by atoms with Gasteiger partial charge in [-0.15, -0.1) is 0 Å². The van der Waals surface area contributed by atoms with Crippen LogP contribution in [0.1, 0.15) is 50.7 Å². The van der Waals surface area contributed by atoms with Gasteiger partial charge in [0.15, 0.2) is 0 Å². The number of hydrogen-bond acceptors (Lipinski definition) is 4. The van der Waals surface area contributed by atoms with Crippen LogP contribution in [-0.4, -0.2) is 16.2 Å². The van der Waals surface area contributed by atoms with E-state index in [9.17, 15) is 0 Å². The molecular formula is C22H24N2O2. The van der Waals surface area contributed by atoms with Gasteiger partial charge in [-0.1, -0.05) is 30.3 Å². The van der Waals surface area contributed by atoms with Crippen LogP contribution in [0.3, 0.4) is 0 Å². The molecule has 0 bridgehead atoms. The third-order valence-corrected chi connectivity index (χ3v) is 4.95. The quantitative estimate of drug-likeness (QED) is 0.613. The minimum atomic E-state index is 0.155. The van der Waals surface area contributed by atoms with Gasteiger partial charge in [0, 0.05) is 11.1 Å². The minimum absolute atomic E-state index is 0.155. The zero-order valence-electron chi connectivity index (χ0n) is 15.5. The van der Waals surface area contributed by atoms with Gasteiger partial charge in [0.25, 0.3) is 5.89 Å². The normalized spacial score (nSPS) is 16.5. The second-order valence-electron chi connectivity index (χ2n) is 7.28. The number of benzene rings is 2. The fourth-order valence-corrected chi connectivity index (χ4v) is 3.69. The van der Waals surface area contributed by atoms with Crippen molar-refractivity contribution in [1.29, 1.82) is 0 Å². The summed E-state index contributed by atoms with van der Waals surface area (Å²) in [4.78, 5) is 4.66. The summed E-state index contributed by atoms with van der Waals surface area (Å²) in [6.07, 6.45) is 3.70. The van der Waals surface area contributed by atoms with E-state index in [-0.39, 0.29) is 6.10 Å². The van der Waals surface area contributed by atoms with E-state index in [1.165, 1.54) is 24.0 Å². The highest BCUT2D eigenvalue weighted by Crippen LogP contribution is 2.36. The van der Waals surface area contributed by atoms with Crippen LogP contribution in [0.4, 0.5) is 0 Å². The van der Waals surface area contributed by atoms with E-state index in [4.69, 9.17) is 9.26 Å². The van der Waals surface area contributed by atoms with Gasteiger partial charge in [-0.25, -0.2) is 0 Å². The highest BCUT2D eigenvalue weighted by atomic mass is 16.5. The van der Waals surface area contributed by atoms with Crippen molar-refractivity contribution < 1.29 is 9.26 Å². The molecule has 26 heavy (non-hydrogen) atoms. The molecule has 0 fully saturated rings. The number of rotatable bonds is 4. The lowest BCUT2D eigenvalue weighted by Crippen LogP contribution is -2.08. The predicted octanol–water partition coefficient (Wildman–Crippen LogP) is 5.63. The molecule has 0 N–H and O–H groups in total. The van der Waals surface area contributed by atoms with E-state index < -0.39 is 0 Å². The summed E-state index contributed by atoms with van der Waals surface area (Å²) in [7, 11) is 0. The Labute approximate surface area is 154 Å². The summed E-state index contributed by atoms with van der Waals surface area (Å²) in [5.74, 6) is 2.65. The fraction of sp³-hybridized carbons (Fsp3) is 0.364. The van der Waals surface area contributed by atoms with Gasteiger partial charge >= 0.3 is 0 Å². The van der Waals surface area contributed by atoms with Crippen LogP contribution in [0.2, 0.25) is 0 Å². The molecule has 2 aromatic carbocycles. The van der Waals surface area contributed by atoms with Gasteiger partial charge in [-0.3, -0.25) is 0 Å².